The van der Waals surface area contributed by atoms with Crippen LogP contribution >= 0.6 is 0 Å². The second kappa shape index (κ2) is 7.33. The molecule has 0 aliphatic heterocycles. The number of benzene rings is 1. The van der Waals surface area contributed by atoms with E-state index in [1.807, 2.05) is 20.8 Å². The number of esters is 1. The van der Waals surface area contributed by atoms with Crippen molar-refractivity contribution in [2.75, 3.05) is 14.2 Å². The van der Waals surface area contributed by atoms with Crippen LogP contribution in [0.5, 0.6) is 0 Å². The van der Waals surface area contributed by atoms with Gasteiger partial charge in [0.2, 0.25) is 0 Å². The van der Waals surface area contributed by atoms with E-state index >= 15 is 0 Å². The highest BCUT2D eigenvalue weighted by molar-refractivity contribution is 5.76. The summed E-state index contributed by atoms with van der Waals surface area (Å²) in [6, 6.07) is 3.42. The third-order valence-corrected chi connectivity index (χ3v) is 3.22. The fraction of sp³-hybridized carbons (Fsp3) is 0.500. The van der Waals surface area contributed by atoms with Crippen LogP contribution in [0.3, 0.4) is 0 Å². The van der Waals surface area contributed by atoms with Crippen molar-refractivity contribution in [1.82, 2.24) is 5.01 Å². The molecule has 1 atom stereocenters. The SMILES string of the molecule is COC(=O)[C@@H](N(C)/N=C\Cc1cccc(F)c1F)C(C)(C)C. The second-order valence-corrected chi connectivity index (χ2v) is 6.08. The van der Waals surface area contributed by atoms with E-state index in [2.05, 4.69) is 5.10 Å². The summed E-state index contributed by atoms with van der Waals surface area (Å²) in [5.74, 6) is -2.16. The van der Waals surface area contributed by atoms with Crippen molar-refractivity contribution in [1.29, 1.82) is 0 Å². The number of carbonyl (C=O) groups excluding carboxylic acids is 1. The normalized spacial score (nSPS) is 13.2. The lowest BCUT2D eigenvalue weighted by Crippen LogP contribution is -2.45. The molecular formula is C16H22F2N2O2. The molecule has 22 heavy (non-hydrogen) atoms. The Bertz CT molecular complexity index is 554. The number of nitrogens with zero attached hydrogens (tertiary/aromatic N) is 2. The molecule has 0 spiro atoms. The van der Waals surface area contributed by atoms with E-state index in [9.17, 15) is 13.6 Å². The Morgan fingerprint density at radius 1 is 1.41 bits per heavy atom. The van der Waals surface area contributed by atoms with Crippen molar-refractivity contribution in [2.45, 2.75) is 33.2 Å². The number of rotatable bonds is 5. The standard InChI is InChI=1S/C16H22F2N2O2/c1-16(2,3)14(15(21)22-5)20(4)19-10-9-11-7-6-8-12(17)13(11)18/h6-8,10,14H,9H2,1-5H3/b19-10-/t14-/m1/s1. The maximum atomic E-state index is 13.5. The molecule has 0 aromatic heterocycles. The van der Waals surface area contributed by atoms with Crippen LogP contribution in [0.4, 0.5) is 8.78 Å². The lowest BCUT2D eigenvalue weighted by atomic mass is 9.86. The van der Waals surface area contributed by atoms with Crippen molar-refractivity contribution in [2.24, 2.45) is 10.5 Å². The number of hydrazone groups is 1. The van der Waals surface area contributed by atoms with Crippen LogP contribution < -0.4 is 0 Å². The molecule has 0 fully saturated rings. The van der Waals surface area contributed by atoms with Gasteiger partial charge in [-0.15, -0.1) is 0 Å². The first-order valence-corrected chi connectivity index (χ1v) is 6.94. The lowest BCUT2D eigenvalue weighted by Gasteiger charge is -2.33. The van der Waals surface area contributed by atoms with Crippen molar-refractivity contribution in [3.8, 4) is 0 Å². The fourth-order valence-electron chi connectivity index (χ4n) is 2.22. The zero-order valence-corrected chi connectivity index (χ0v) is 13.6. The van der Waals surface area contributed by atoms with Gasteiger partial charge in [-0.1, -0.05) is 32.9 Å². The zero-order chi connectivity index (χ0) is 16.9. The molecule has 6 heteroatoms. The molecule has 0 saturated carbocycles. The molecular weight excluding hydrogens is 290 g/mol. The Morgan fingerprint density at radius 3 is 2.59 bits per heavy atom. The van der Waals surface area contributed by atoms with Gasteiger partial charge < -0.3 is 4.74 Å². The van der Waals surface area contributed by atoms with Crippen LogP contribution in [0.2, 0.25) is 0 Å². The number of likely N-dealkylation sites (N-methyl/N-ethyl adjacent to an activating group) is 1. The molecule has 0 bridgehead atoms. The molecule has 0 unspecified atom stereocenters. The number of hydrogen-bond donors (Lipinski definition) is 0. The Balaban J connectivity index is 2.83. The molecule has 0 aliphatic rings. The first-order chi connectivity index (χ1) is 10.2. The van der Waals surface area contributed by atoms with Crippen LogP contribution in [0, 0.1) is 17.0 Å². The predicted molar refractivity (Wildman–Crippen MR) is 81.6 cm³/mol. The lowest BCUT2D eigenvalue weighted by molar-refractivity contribution is -0.150. The zero-order valence-electron chi connectivity index (χ0n) is 13.6. The number of hydrogen-bond acceptors (Lipinski definition) is 4. The first kappa shape index (κ1) is 18.1. The minimum Gasteiger partial charge on any atom is -0.467 e. The van der Waals surface area contributed by atoms with Crippen LogP contribution in [0.15, 0.2) is 23.3 Å². The molecule has 1 aromatic rings. The van der Waals surface area contributed by atoms with E-state index in [1.165, 1.54) is 30.5 Å². The van der Waals surface area contributed by atoms with Crippen LogP contribution in [0.25, 0.3) is 0 Å². The van der Waals surface area contributed by atoms with Gasteiger partial charge in [-0.05, 0) is 17.0 Å². The first-order valence-electron chi connectivity index (χ1n) is 6.94. The van der Waals surface area contributed by atoms with E-state index in [0.29, 0.717) is 0 Å². The summed E-state index contributed by atoms with van der Waals surface area (Å²) in [7, 11) is 2.96. The molecule has 1 aromatic carbocycles. The van der Waals surface area contributed by atoms with Crippen molar-refractivity contribution < 1.29 is 18.3 Å². The van der Waals surface area contributed by atoms with E-state index in [0.717, 1.165) is 6.07 Å². The Kier molecular flexibility index (Phi) is 6.02. The van der Waals surface area contributed by atoms with Gasteiger partial charge in [0.05, 0.1) is 7.11 Å². The van der Waals surface area contributed by atoms with E-state index in [4.69, 9.17) is 4.74 Å². The summed E-state index contributed by atoms with van der Waals surface area (Å²) in [4.78, 5) is 11.9. The minimum atomic E-state index is -0.888. The summed E-state index contributed by atoms with van der Waals surface area (Å²) in [6.07, 6.45) is 1.57. The maximum absolute atomic E-state index is 13.5. The highest BCUT2D eigenvalue weighted by atomic mass is 19.2. The third-order valence-electron chi connectivity index (χ3n) is 3.22. The van der Waals surface area contributed by atoms with Crippen LogP contribution in [0.1, 0.15) is 26.3 Å². The summed E-state index contributed by atoms with van der Waals surface area (Å²) >= 11 is 0. The summed E-state index contributed by atoms with van der Waals surface area (Å²) in [6.45, 7) is 5.69. The Morgan fingerprint density at radius 2 is 2.05 bits per heavy atom. The molecule has 0 amide bonds. The molecule has 122 valence electrons. The molecule has 1 rings (SSSR count). The number of ether oxygens (including phenoxy) is 1. The summed E-state index contributed by atoms with van der Waals surface area (Å²) in [5.41, 5.74) is -0.175. The van der Waals surface area contributed by atoms with Gasteiger partial charge in [0.25, 0.3) is 0 Å². The predicted octanol–water partition coefficient (Wildman–Crippen LogP) is 3.01. The average Bonchev–Trinajstić information content (AvgIpc) is 2.42. The van der Waals surface area contributed by atoms with Gasteiger partial charge in [0.15, 0.2) is 11.6 Å². The fourth-order valence-corrected chi connectivity index (χ4v) is 2.22. The van der Waals surface area contributed by atoms with E-state index < -0.39 is 23.6 Å². The van der Waals surface area contributed by atoms with Gasteiger partial charge in [0.1, 0.15) is 6.04 Å². The second-order valence-electron chi connectivity index (χ2n) is 6.08. The molecule has 0 saturated heterocycles. The van der Waals surface area contributed by atoms with Crippen LogP contribution in [-0.4, -0.2) is 37.4 Å². The van der Waals surface area contributed by atoms with E-state index in [1.54, 1.807) is 7.05 Å². The van der Waals surface area contributed by atoms with Crippen molar-refractivity contribution >= 4 is 12.2 Å². The monoisotopic (exact) mass is 312 g/mol. The van der Waals surface area contributed by atoms with Crippen LogP contribution in [-0.2, 0) is 16.0 Å². The van der Waals surface area contributed by atoms with E-state index in [-0.39, 0.29) is 17.4 Å². The highest BCUT2D eigenvalue weighted by Crippen LogP contribution is 2.24. The summed E-state index contributed by atoms with van der Waals surface area (Å²) < 4.78 is 31.4. The highest BCUT2D eigenvalue weighted by Gasteiger charge is 2.35. The quantitative estimate of drug-likeness (QED) is 0.477. The third kappa shape index (κ3) is 4.51. The van der Waals surface area contributed by atoms with Gasteiger partial charge in [-0.3, -0.25) is 5.01 Å². The van der Waals surface area contributed by atoms with Gasteiger partial charge in [-0.25, -0.2) is 13.6 Å². The Labute approximate surface area is 129 Å². The average molecular weight is 312 g/mol. The topological polar surface area (TPSA) is 41.9 Å². The maximum Gasteiger partial charge on any atom is 0.330 e. The van der Waals surface area contributed by atoms with Gasteiger partial charge >= 0.3 is 5.97 Å². The molecule has 0 N–H and O–H groups in total. The Hall–Kier alpha value is -1.98. The molecule has 4 nitrogen and oxygen atoms in total. The molecule has 0 heterocycles. The smallest absolute Gasteiger partial charge is 0.330 e. The van der Waals surface area contributed by atoms with Crippen molar-refractivity contribution in [3.63, 3.8) is 0 Å². The number of halogens is 2. The molecule has 0 aliphatic carbocycles. The van der Waals surface area contributed by atoms with Gasteiger partial charge in [0, 0.05) is 19.7 Å². The number of methoxy groups -OCH3 is 1. The largest absolute Gasteiger partial charge is 0.467 e. The van der Waals surface area contributed by atoms with Crippen molar-refractivity contribution in [3.05, 3.63) is 35.4 Å². The minimum absolute atomic E-state index is 0.131. The number of carbonyl (C=O) groups is 1. The molecule has 0 radical (unpaired) electrons. The summed E-state index contributed by atoms with van der Waals surface area (Å²) in [5, 5.41) is 5.62. The van der Waals surface area contributed by atoms with Gasteiger partial charge in [-0.2, -0.15) is 5.10 Å².